The van der Waals surface area contributed by atoms with Gasteiger partial charge in [0.15, 0.2) is 0 Å². The number of anilines is 1. The van der Waals surface area contributed by atoms with Crippen molar-refractivity contribution in [3.63, 3.8) is 0 Å². The average Bonchev–Trinajstić information content (AvgIpc) is 3.30. The number of methoxy groups -OCH3 is 2. The van der Waals surface area contributed by atoms with Crippen molar-refractivity contribution in [1.82, 2.24) is 14.7 Å². The van der Waals surface area contributed by atoms with Crippen LogP contribution in [-0.2, 0) is 0 Å². The van der Waals surface area contributed by atoms with Gasteiger partial charge in [0.2, 0.25) is 0 Å². The number of pyridine rings is 1. The highest BCUT2D eigenvalue weighted by atomic mass is 35.5. The Balaban J connectivity index is 1.43. The lowest BCUT2D eigenvalue weighted by atomic mass is 9.99. The van der Waals surface area contributed by atoms with Crippen LogP contribution in [0.25, 0.3) is 16.9 Å². The number of hydrogen-bond acceptors (Lipinski definition) is 5. The molecule has 2 aliphatic rings. The molecule has 6 nitrogen and oxygen atoms in total. The van der Waals surface area contributed by atoms with Gasteiger partial charge in [-0.1, -0.05) is 11.6 Å². The number of nitrogens with one attached hydrogen (secondary N) is 2. The van der Waals surface area contributed by atoms with Crippen molar-refractivity contribution in [2.24, 2.45) is 0 Å². The van der Waals surface area contributed by atoms with Crippen molar-refractivity contribution in [3.05, 3.63) is 41.7 Å². The maximum Gasteiger partial charge on any atom is 0.141 e. The van der Waals surface area contributed by atoms with Crippen LogP contribution in [-0.4, -0.2) is 41.7 Å². The van der Waals surface area contributed by atoms with Crippen molar-refractivity contribution in [1.29, 1.82) is 0 Å². The molecule has 3 aromatic rings. The first-order valence-electron chi connectivity index (χ1n) is 10.1. The highest BCUT2D eigenvalue weighted by Gasteiger charge is 2.33. The van der Waals surface area contributed by atoms with E-state index in [1.807, 2.05) is 22.9 Å². The highest BCUT2D eigenvalue weighted by molar-refractivity contribution is 6.32. The Labute approximate surface area is 175 Å². The minimum absolute atomic E-state index is 0.520. The van der Waals surface area contributed by atoms with Gasteiger partial charge < -0.3 is 24.5 Å². The van der Waals surface area contributed by atoms with Crippen molar-refractivity contribution in [2.45, 2.75) is 43.8 Å². The normalized spacial score (nSPS) is 23.3. The van der Waals surface area contributed by atoms with Gasteiger partial charge in [-0.2, -0.15) is 0 Å². The maximum atomic E-state index is 6.34. The van der Waals surface area contributed by atoms with E-state index in [1.54, 1.807) is 20.3 Å². The molecule has 0 radical (unpaired) electrons. The molecule has 29 heavy (non-hydrogen) atoms. The molecule has 2 N–H and O–H groups in total. The summed E-state index contributed by atoms with van der Waals surface area (Å²) in [7, 11) is 3.23. The van der Waals surface area contributed by atoms with Crippen LogP contribution in [0.3, 0.4) is 0 Å². The molecule has 5 rings (SSSR count). The predicted molar refractivity (Wildman–Crippen MR) is 115 cm³/mol. The number of hydrogen-bond donors (Lipinski definition) is 2. The van der Waals surface area contributed by atoms with Gasteiger partial charge in [0.25, 0.3) is 0 Å². The number of imidazole rings is 1. The van der Waals surface area contributed by atoms with E-state index in [0.29, 0.717) is 34.6 Å². The summed E-state index contributed by atoms with van der Waals surface area (Å²) in [5, 5.41) is 7.94. The summed E-state index contributed by atoms with van der Waals surface area (Å²) in [6.07, 6.45) is 9.01. The molecule has 2 saturated heterocycles. The number of benzene rings is 1. The Bertz CT molecular complexity index is 1040. The summed E-state index contributed by atoms with van der Waals surface area (Å²) in [6, 6.07) is 9.70. The van der Waals surface area contributed by atoms with Crippen LogP contribution in [0.1, 0.15) is 25.7 Å². The summed E-state index contributed by atoms with van der Waals surface area (Å²) >= 11 is 6.34. The quantitative estimate of drug-likeness (QED) is 0.651. The highest BCUT2D eigenvalue weighted by Crippen LogP contribution is 2.38. The fraction of sp³-hybridized carbons (Fsp3) is 0.409. The third-order valence-corrected chi connectivity index (χ3v) is 6.35. The number of aromatic nitrogens is 2. The molecule has 0 unspecified atom stereocenters. The van der Waals surface area contributed by atoms with E-state index in [4.69, 9.17) is 26.1 Å². The molecule has 3 atom stereocenters. The topological polar surface area (TPSA) is 59.8 Å². The average molecular weight is 413 g/mol. The standard InChI is InChI=1S/C22H25ClN4O2/c1-28-20-11-21(29-2)18(23)10-17(20)19-12-27-6-5-15(9-22(27)26-19)25-16-7-13-3-4-14(8-16)24-13/h5-6,9-14,16,24-25H,3-4,7-8H2,1-2H3/t13-,14+,16+. The molecule has 4 heterocycles. The lowest BCUT2D eigenvalue weighted by Crippen LogP contribution is -2.43. The Morgan fingerprint density at radius 2 is 1.86 bits per heavy atom. The zero-order valence-corrected chi connectivity index (χ0v) is 17.4. The minimum atomic E-state index is 0.520. The fourth-order valence-corrected chi connectivity index (χ4v) is 4.91. The molecule has 7 heteroatoms. The monoisotopic (exact) mass is 412 g/mol. The molecule has 2 aromatic heterocycles. The SMILES string of the molecule is COc1cc(OC)c(-c2cn3ccc(N[C@H]4C[C@H]5CC[C@@H](C4)N5)cc3n2)cc1Cl. The zero-order chi connectivity index (χ0) is 20.0. The van der Waals surface area contributed by atoms with Crippen LogP contribution in [0, 0.1) is 0 Å². The molecule has 1 aromatic carbocycles. The molecule has 0 saturated carbocycles. The summed E-state index contributed by atoms with van der Waals surface area (Å²) in [5.41, 5.74) is 3.64. The zero-order valence-electron chi connectivity index (χ0n) is 16.6. The van der Waals surface area contributed by atoms with E-state index in [2.05, 4.69) is 22.8 Å². The van der Waals surface area contributed by atoms with Gasteiger partial charge in [-0.15, -0.1) is 0 Å². The molecule has 0 amide bonds. The first-order chi connectivity index (χ1) is 14.1. The maximum absolute atomic E-state index is 6.34. The number of piperidine rings is 1. The molecule has 2 fully saturated rings. The van der Waals surface area contributed by atoms with Crippen LogP contribution in [0.2, 0.25) is 5.02 Å². The number of rotatable bonds is 5. The second kappa shape index (κ2) is 7.43. The third kappa shape index (κ3) is 3.51. The third-order valence-electron chi connectivity index (χ3n) is 6.05. The summed E-state index contributed by atoms with van der Waals surface area (Å²) in [5.74, 6) is 1.26. The Kier molecular flexibility index (Phi) is 4.76. The van der Waals surface area contributed by atoms with Crippen molar-refractivity contribution < 1.29 is 9.47 Å². The number of ether oxygens (including phenoxy) is 2. The minimum Gasteiger partial charge on any atom is -0.496 e. The van der Waals surface area contributed by atoms with E-state index in [-0.39, 0.29) is 0 Å². The Morgan fingerprint density at radius 1 is 1.10 bits per heavy atom. The largest absolute Gasteiger partial charge is 0.496 e. The van der Waals surface area contributed by atoms with Crippen LogP contribution in [0.15, 0.2) is 36.7 Å². The molecule has 2 aliphatic heterocycles. The van der Waals surface area contributed by atoms with Crippen LogP contribution < -0.4 is 20.1 Å². The summed E-state index contributed by atoms with van der Waals surface area (Å²) in [6.45, 7) is 0. The number of fused-ring (bicyclic) bond motifs is 3. The van der Waals surface area contributed by atoms with Gasteiger partial charge in [-0.05, 0) is 37.8 Å². The lowest BCUT2D eigenvalue weighted by Gasteiger charge is -2.30. The first kappa shape index (κ1) is 18.6. The molecular weight excluding hydrogens is 388 g/mol. The van der Waals surface area contributed by atoms with Crippen LogP contribution in [0.5, 0.6) is 11.5 Å². The van der Waals surface area contributed by atoms with Gasteiger partial charge >= 0.3 is 0 Å². The fourth-order valence-electron chi connectivity index (χ4n) is 4.67. The van der Waals surface area contributed by atoms with Gasteiger partial charge in [-0.3, -0.25) is 0 Å². The van der Waals surface area contributed by atoms with Crippen molar-refractivity contribution in [3.8, 4) is 22.8 Å². The van der Waals surface area contributed by atoms with Crippen LogP contribution >= 0.6 is 11.6 Å². The molecule has 0 spiro atoms. The molecule has 2 bridgehead atoms. The smallest absolute Gasteiger partial charge is 0.141 e. The summed E-state index contributed by atoms with van der Waals surface area (Å²) < 4.78 is 12.8. The second-order valence-corrected chi connectivity index (χ2v) is 8.35. The van der Waals surface area contributed by atoms with Crippen molar-refractivity contribution in [2.75, 3.05) is 19.5 Å². The second-order valence-electron chi connectivity index (χ2n) is 7.94. The lowest BCUT2D eigenvalue weighted by molar-refractivity contribution is 0.378. The van der Waals surface area contributed by atoms with Gasteiger partial charge in [0, 0.05) is 53.9 Å². The van der Waals surface area contributed by atoms with Crippen LogP contribution in [0.4, 0.5) is 5.69 Å². The van der Waals surface area contributed by atoms with E-state index in [9.17, 15) is 0 Å². The Morgan fingerprint density at radius 3 is 2.59 bits per heavy atom. The van der Waals surface area contributed by atoms with E-state index >= 15 is 0 Å². The first-order valence-corrected chi connectivity index (χ1v) is 10.4. The molecule has 152 valence electrons. The predicted octanol–water partition coefficient (Wildman–Crippen LogP) is 4.37. The van der Waals surface area contributed by atoms with Gasteiger partial charge in [0.1, 0.15) is 17.1 Å². The van der Waals surface area contributed by atoms with E-state index in [1.165, 1.54) is 25.7 Å². The number of nitrogens with zero attached hydrogens (tertiary/aromatic N) is 2. The number of halogens is 1. The van der Waals surface area contributed by atoms with Gasteiger partial charge in [-0.25, -0.2) is 4.98 Å². The van der Waals surface area contributed by atoms with Crippen molar-refractivity contribution >= 4 is 22.9 Å². The molecule has 0 aliphatic carbocycles. The molecular formula is C22H25ClN4O2. The van der Waals surface area contributed by atoms with E-state index < -0.39 is 0 Å². The van der Waals surface area contributed by atoms with Gasteiger partial charge in [0.05, 0.1) is 24.9 Å². The summed E-state index contributed by atoms with van der Waals surface area (Å²) in [4.78, 5) is 4.82. The Hall–Kier alpha value is -2.44. The van der Waals surface area contributed by atoms with E-state index in [0.717, 1.165) is 22.6 Å².